The van der Waals surface area contributed by atoms with Gasteiger partial charge >= 0.3 is 12.1 Å². The van der Waals surface area contributed by atoms with Crippen LogP contribution in [0, 0.1) is 0 Å². The summed E-state index contributed by atoms with van der Waals surface area (Å²) in [5.74, 6) is -2.09. The maximum atomic E-state index is 12.6. The summed E-state index contributed by atoms with van der Waals surface area (Å²) in [6, 6.07) is 17.6. The Bertz CT molecular complexity index is 1290. The third-order valence-corrected chi connectivity index (χ3v) is 4.77. The van der Waals surface area contributed by atoms with Crippen LogP contribution in [-0.2, 0) is 11.3 Å². The number of benzene rings is 2. The van der Waals surface area contributed by atoms with Gasteiger partial charge in [0.2, 0.25) is 0 Å². The van der Waals surface area contributed by atoms with Crippen LogP contribution in [0.2, 0.25) is 0 Å². The number of pyridine rings is 1. The number of carbonyl (C=O) groups excluding carboxylic acids is 1. The molecule has 0 aliphatic rings. The number of aromatic nitrogens is 2. The van der Waals surface area contributed by atoms with Crippen molar-refractivity contribution in [3.63, 3.8) is 0 Å². The lowest BCUT2D eigenvalue weighted by Crippen LogP contribution is -2.22. The number of halogens is 3. The quantitative estimate of drug-likeness (QED) is 0.388. The molecule has 0 fully saturated rings. The van der Waals surface area contributed by atoms with E-state index < -0.39 is 12.1 Å². The number of rotatable bonds is 5. The number of aliphatic carboxylic acids is 1. The summed E-state index contributed by atoms with van der Waals surface area (Å²) < 4.78 is 37.0. The molecule has 0 radical (unpaired) electrons. The molecule has 7 nitrogen and oxygen atoms in total. The van der Waals surface area contributed by atoms with Gasteiger partial charge in [0.05, 0.1) is 12.7 Å². The Labute approximate surface area is 192 Å². The lowest BCUT2D eigenvalue weighted by molar-refractivity contribution is -0.192. The molecule has 10 heteroatoms. The van der Waals surface area contributed by atoms with E-state index in [1.165, 1.54) is 0 Å². The van der Waals surface area contributed by atoms with E-state index in [1.54, 1.807) is 25.7 Å². The van der Waals surface area contributed by atoms with E-state index in [-0.39, 0.29) is 5.91 Å². The lowest BCUT2D eigenvalue weighted by Gasteiger charge is -2.07. The second kappa shape index (κ2) is 10.5. The first-order valence-corrected chi connectivity index (χ1v) is 9.92. The molecule has 0 spiro atoms. The molecule has 0 unspecified atom stereocenters. The van der Waals surface area contributed by atoms with Crippen LogP contribution < -0.4 is 10.1 Å². The molecule has 0 aliphatic carbocycles. The van der Waals surface area contributed by atoms with Crippen LogP contribution in [0.3, 0.4) is 0 Å². The van der Waals surface area contributed by atoms with Gasteiger partial charge in [0.25, 0.3) is 5.91 Å². The zero-order valence-electron chi connectivity index (χ0n) is 17.9. The largest absolute Gasteiger partial charge is 0.497 e. The summed E-state index contributed by atoms with van der Waals surface area (Å²) in [4.78, 5) is 28.8. The van der Waals surface area contributed by atoms with Gasteiger partial charge in [0.15, 0.2) is 0 Å². The molecular weight excluding hydrogens is 451 g/mol. The number of nitrogens with one attached hydrogen (secondary N) is 2. The molecule has 0 atom stereocenters. The van der Waals surface area contributed by atoms with E-state index in [0.717, 1.165) is 33.3 Å². The molecule has 1 amide bonds. The Morgan fingerprint density at radius 2 is 1.76 bits per heavy atom. The van der Waals surface area contributed by atoms with Gasteiger partial charge in [0, 0.05) is 36.0 Å². The summed E-state index contributed by atoms with van der Waals surface area (Å²) in [5.41, 5.74) is 4.72. The van der Waals surface area contributed by atoms with Crippen molar-refractivity contribution >= 4 is 22.8 Å². The SMILES string of the molecule is COc1cccc(CNC(=O)c2c[nH]c3cc(-c4ccncc4)ccc23)c1.O=C(O)C(F)(F)F. The minimum atomic E-state index is -5.08. The average Bonchev–Trinajstić information content (AvgIpc) is 3.26. The molecule has 0 bridgehead atoms. The standard InChI is InChI=1S/C22H19N3O2.C2HF3O2/c1-27-18-4-2-3-15(11-18)13-25-22(26)20-14-24-21-12-17(5-6-19(20)21)16-7-9-23-10-8-16;3-2(4,5)1(6)7/h2-12,14,24H,13H2,1H3,(H,25,26);(H,6,7). The molecule has 176 valence electrons. The number of H-pyrrole nitrogens is 1. The third kappa shape index (κ3) is 6.12. The van der Waals surface area contributed by atoms with Gasteiger partial charge in [-0.3, -0.25) is 9.78 Å². The van der Waals surface area contributed by atoms with E-state index in [9.17, 15) is 18.0 Å². The number of methoxy groups -OCH3 is 1. The van der Waals surface area contributed by atoms with Crippen molar-refractivity contribution < 1.29 is 32.6 Å². The molecule has 2 aromatic heterocycles. The van der Waals surface area contributed by atoms with Crippen LogP contribution >= 0.6 is 0 Å². The smallest absolute Gasteiger partial charge is 0.490 e. The number of aromatic amines is 1. The number of nitrogens with zero attached hydrogens (tertiary/aromatic N) is 1. The predicted molar refractivity (Wildman–Crippen MR) is 119 cm³/mol. The van der Waals surface area contributed by atoms with Crippen molar-refractivity contribution in [3.05, 3.63) is 84.3 Å². The van der Waals surface area contributed by atoms with Crippen LogP contribution in [0.5, 0.6) is 5.75 Å². The Morgan fingerprint density at radius 3 is 2.41 bits per heavy atom. The number of carboxylic acid groups (broad SMARTS) is 1. The Hall–Kier alpha value is -4.34. The molecular formula is C24H20F3N3O4. The van der Waals surface area contributed by atoms with Crippen molar-refractivity contribution in [2.45, 2.75) is 12.7 Å². The van der Waals surface area contributed by atoms with Gasteiger partial charge in [0.1, 0.15) is 5.75 Å². The lowest BCUT2D eigenvalue weighted by atomic mass is 10.0. The average molecular weight is 471 g/mol. The summed E-state index contributed by atoms with van der Waals surface area (Å²) in [6.07, 6.45) is 0.208. The first-order chi connectivity index (χ1) is 16.2. The third-order valence-electron chi connectivity index (χ3n) is 4.77. The van der Waals surface area contributed by atoms with Crippen LogP contribution in [0.4, 0.5) is 13.2 Å². The second-order valence-electron chi connectivity index (χ2n) is 7.04. The van der Waals surface area contributed by atoms with Crippen molar-refractivity contribution in [2.24, 2.45) is 0 Å². The van der Waals surface area contributed by atoms with Crippen LogP contribution in [0.25, 0.3) is 22.0 Å². The summed E-state index contributed by atoms with van der Waals surface area (Å²) in [5, 5.41) is 11.0. The monoisotopic (exact) mass is 471 g/mol. The Balaban J connectivity index is 0.000000406. The molecule has 34 heavy (non-hydrogen) atoms. The van der Waals surface area contributed by atoms with Gasteiger partial charge in [-0.1, -0.05) is 24.3 Å². The van der Waals surface area contributed by atoms with Crippen LogP contribution in [0.15, 0.2) is 73.2 Å². The summed E-state index contributed by atoms with van der Waals surface area (Å²) in [6.45, 7) is 0.442. The zero-order chi connectivity index (χ0) is 24.7. The second-order valence-corrected chi connectivity index (χ2v) is 7.04. The number of alkyl halides is 3. The molecule has 2 heterocycles. The fourth-order valence-electron chi connectivity index (χ4n) is 3.10. The van der Waals surface area contributed by atoms with E-state index in [1.807, 2.05) is 54.6 Å². The minimum Gasteiger partial charge on any atom is -0.497 e. The molecule has 4 rings (SSSR count). The first kappa shape index (κ1) is 24.3. The fraction of sp³-hybridized carbons (Fsp3) is 0.125. The van der Waals surface area contributed by atoms with Crippen LogP contribution in [-0.4, -0.2) is 40.2 Å². The molecule has 3 N–H and O–H groups in total. The van der Waals surface area contributed by atoms with Crippen molar-refractivity contribution in [3.8, 4) is 16.9 Å². The van der Waals surface area contributed by atoms with E-state index in [4.69, 9.17) is 14.6 Å². The van der Waals surface area contributed by atoms with Gasteiger partial charge < -0.3 is 20.1 Å². The normalized spacial score (nSPS) is 10.8. The highest BCUT2D eigenvalue weighted by Crippen LogP contribution is 2.25. The summed E-state index contributed by atoms with van der Waals surface area (Å²) in [7, 11) is 1.63. The number of carbonyl (C=O) groups is 2. The number of carboxylic acids is 1. The Morgan fingerprint density at radius 1 is 1.06 bits per heavy atom. The van der Waals surface area contributed by atoms with Crippen molar-refractivity contribution in [1.29, 1.82) is 0 Å². The zero-order valence-corrected chi connectivity index (χ0v) is 17.9. The number of fused-ring (bicyclic) bond motifs is 1. The maximum absolute atomic E-state index is 12.6. The number of amides is 1. The highest BCUT2D eigenvalue weighted by Gasteiger charge is 2.38. The highest BCUT2D eigenvalue weighted by molar-refractivity contribution is 6.07. The first-order valence-electron chi connectivity index (χ1n) is 9.92. The number of hydrogen-bond acceptors (Lipinski definition) is 4. The molecule has 4 aromatic rings. The fourth-order valence-corrected chi connectivity index (χ4v) is 3.10. The number of hydrogen-bond donors (Lipinski definition) is 3. The molecule has 0 saturated heterocycles. The van der Waals surface area contributed by atoms with Gasteiger partial charge in [-0.25, -0.2) is 4.79 Å². The van der Waals surface area contributed by atoms with Crippen molar-refractivity contribution in [2.75, 3.05) is 7.11 Å². The summed E-state index contributed by atoms with van der Waals surface area (Å²) >= 11 is 0. The minimum absolute atomic E-state index is 0.110. The van der Waals surface area contributed by atoms with E-state index in [0.29, 0.717) is 12.1 Å². The highest BCUT2D eigenvalue weighted by atomic mass is 19.4. The maximum Gasteiger partial charge on any atom is 0.490 e. The van der Waals surface area contributed by atoms with Crippen molar-refractivity contribution in [1.82, 2.24) is 15.3 Å². The predicted octanol–water partition coefficient (Wildman–Crippen LogP) is 4.80. The van der Waals surface area contributed by atoms with Gasteiger partial charge in [-0.15, -0.1) is 0 Å². The van der Waals surface area contributed by atoms with Gasteiger partial charge in [-0.05, 0) is 47.0 Å². The van der Waals surface area contributed by atoms with Gasteiger partial charge in [-0.2, -0.15) is 13.2 Å². The molecule has 0 saturated carbocycles. The Kier molecular flexibility index (Phi) is 7.52. The molecule has 2 aromatic carbocycles. The topological polar surface area (TPSA) is 104 Å². The van der Waals surface area contributed by atoms with Crippen LogP contribution in [0.1, 0.15) is 15.9 Å². The van der Waals surface area contributed by atoms with E-state index in [2.05, 4.69) is 15.3 Å². The number of ether oxygens (including phenoxy) is 1. The van der Waals surface area contributed by atoms with E-state index >= 15 is 0 Å². The molecule has 0 aliphatic heterocycles.